The van der Waals surface area contributed by atoms with Crippen LogP contribution in [0.1, 0.15) is 11.1 Å². The van der Waals surface area contributed by atoms with Gasteiger partial charge in [0.2, 0.25) is 0 Å². The molecule has 4 aromatic carbocycles. The van der Waals surface area contributed by atoms with E-state index in [1.54, 1.807) is 0 Å². The van der Waals surface area contributed by atoms with Crippen LogP contribution >= 0.6 is 0 Å². The highest BCUT2D eigenvalue weighted by Crippen LogP contribution is 2.40. The van der Waals surface area contributed by atoms with E-state index in [4.69, 9.17) is 0 Å². The number of rotatable bonds is 4. The first kappa shape index (κ1) is 18.1. The molecular weight excluding hydrogens is 368 g/mol. The molecule has 0 saturated carbocycles. The Labute approximate surface area is 177 Å². The van der Waals surface area contributed by atoms with Gasteiger partial charge in [-0.2, -0.15) is 5.12 Å². The zero-order valence-electron chi connectivity index (χ0n) is 17.1. The van der Waals surface area contributed by atoms with E-state index in [2.05, 4.69) is 115 Å². The van der Waals surface area contributed by atoms with Crippen LogP contribution in [0.3, 0.4) is 0 Å². The third kappa shape index (κ3) is 3.33. The SMILES string of the molecule is Cc1ccc(N2Nc3ccc(N(c4ccccc4)c4ccccc4)cc3N2)c(C)c1. The monoisotopic (exact) mass is 392 g/mol. The van der Waals surface area contributed by atoms with Gasteiger partial charge in [-0.15, -0.1) is 0 Å². The number of anilines is 6. The number of nitrogens with one attached hydrogen (secondary N) is 2. The van der Waals surface area contributed by atoms with Crippen LogP contribution in [0.4, 0.5) is 34.1 Å². The number of hydrogen-bond donors (Lipinski definition) is 2. The van der Waals surface area contributed by atoms with Crippen molar-refractivity contribution in [3.63, 3.8) is 0 Å². The lowest BCUT2D eigenvalue weighted by atomic mass is 10.1. The predicted molar refractivity (Wildman–Crippen MR) is 127 cm³/mol. The van der Waals surface area contributed by atoms with Crippen LogP contribution in [0.2, 0.25) is 0 Å². The highest BCUT2D eigenvalue weighted by atomic mass is 15.8. The minimum Gasteiger partial charge on any atom is -0.310 e. The van der Waals surface area contributed by atoms with Crippen molar-refractivity contribution >= 4 is 34.1 Å². The Bertz CT molecular complexity index is 1130. The molecule has 1 aliphatic heterocycles. The smallest absolute Gasteiger partial charge is 0.0840 e. The number of para-hydroxylation sites is 2. The molecule has 0 radical (unpaired) electrons. The molecule has 1 heterocycles. The van der Waals surface area contributed by atoms with E-state index in [-0.39, 0.29) is 0 Å². The number of hydrazine groups is 2. The molecule has 30 heavy (non-hydrogen) atoms. The van der Waals surface area contributed by atoms with Crippen LogP contribution in [0.15, 0.2) is 97.1 Å². The fourth-order valence-corrected chi connectivity index (χ4v) is 3.91. The normalized spacial score (nSPS) is 12.1. The molecule has 0 saturated heterocycles. The second kappa shape index (κ2) is 7.48. The maximum Gasteiger partial charge on any atom is 0.0840 e. The number of hydrogen-bond acceptors (Lipinski definition) is 4. The molecule has 0 aliphatic carbocycles. The maximum atomic E-state index is 3.50. The number of benzene rings is 4. The summed E-state index contributed by atoms with van der Waals surface area (Å²) in [7, 11) is 0. The van der Waals surface area contributed by atoms with Gasteiger partial charge in [-0.05, 0) is 67.9 Å². The fraction of sp³-hybridized carbons (Fsp3) is 0.0769. The first-order chi connectivity index (χ1) is 14.7. The third-order valence-corrected chi connectivity index (χ3v) is 5.35. The first-order valence-electron chi connectivity index (χ1n) is 10.1. The standard InChI is InChI=1S/C26H24N4/c1-19-13-16-26(20(2)17-19)30-27-24-15-14-23(18-25(24)28-30)29(21-9-5-3-6-10-21)22-11-7-4-8-12-22/h3-18,27-28H,1-2H3. The molecule has 0 aromatic heterocycles. The average molecular weight is 393 g/mol. The molecule has 1 aliphatic rings. The molecular formula is C26H24N4. The lowest BCUT2D eigenvalue weighted by molar-refractivity contribution is 1.10. The Morgan fingerprint density at radius 1 is 0.600 bits per heavy atom. The Balaban J connectivity index is 1.51. The summed E-state index contributed by atoms with van der Waals surface area (Å²) < 4.78 is 0. The molecule has 148 valence electrons. The Morgan fingerprint density at radius 2 is 1.23 bits per heavy atom. The quantitative estimate of drug-likeness (QED) is 0.393. The van der Waals surface area contributed by atoms with E-state index < -0.39 is 0 Å². The lowest BCUT2D eigenvalue weighted by Crippen LogP contribution is -2.30. The minimum absolute atomic E-state index is 1.05. The maximum absolute atomic E-state index is 3.50. The molecule has 2 N–H and O–H groups in total. The van der Waals surface area contributed by atoms with Crippen LogP contribution < -0.4 is 20.9 Å². The minimum atomic E-state index is 1.05. The van der Waals surface area contributed by atoms with Gasteiger partial charge < -0.3 is 4.90 Å². The Hall–Kier alpha value is -3.92. The van der Waals surface area contributed by atoms with E-state index in [1.807, 2.05) is 17.3 Å². The average Bonchev–Trinajstić information content (AvgIpc) is 3.18. The number of nitrogens with zero attached hydrogens (tertiary/aromatic N) is 2. The summed E-state index contributed by atoms with van der Waals surface area (Å²) in [5.74, 6) is 0. The van der Waals surface area contributed by atoms with E-state index in [0.717, 1.165) is 34.1 Å². The third-order valence-electron chi connectivity index (χ3n) is 5.35. The van der Waals surface area contributed by atoms with Gasteiger partial charge in [0.15, 0.2) is 0 Å². The highest BCUT2D eigenvalue weighted by Gasteiger charge is 2.21. The van der Waals surface area contributed by atoms with Gasteiger partial charge in [0, 0.05) is 17.1 Å². The highest BCUT2D eigenvalue weighted by molar-refractivity contribution is 5.86. The molecule has 4 heteroatoms. The molecule has 0 fully saturated rings. The van der Waals surface area contributed by atoms with Gasteiger partial charge >= 0.3 is 0 Å². The second-order valence-electron chi connectivity index (χ2n) is 7.59. The van der Waals surface area contributed by atoms with Crippen molar-refractivity contribution in [3.8, 4) is 0 Å². The summed E-state index contributed by atoms with van der Waals surface area (Å²) in [5, 5.41) is 1.98. The van der Waals surface area contributed by atoms with Crippen LogP contribution in [-0.2, 0) is 0 Å². The van der Waals surface area contributed by atoms with Crippen molar-refractivity contribution < 1.29 is 0 Å². The zero-order chi connectivity index (χ0) is 20.5. The van der Waals surface area contributed by atoms with Crippen LogP contribution in [0.25, 0.3) is 0 Å². The topological polar surface area (TPSA) is 30.5 Å². The summed E-state index contributed by atoms with van der Waals surface area (Å²) in [4.78, 5) is 2.27. The van der Waals surface area contributed by atoms with Gasteiger partial charge in [0.1, 0.15) is 0 Å². The Morgan fingerprint density at radius 3 is 1.87 bits per heavy atom. The summed E-state index contributed by atoms with van der Waals surface area (Å²) in [6.45, 7) is 4.25. The van der Waals surface area contributed by atoms with Gasteiger partial charge in [-0.25, -0.2) is 0 Å². The van der Waals surface area contributed by atoms with Crippen molar-refractivity contribution in [2.45, 2.75) is 13.8 Å². The van der Waals surface area contributed by atoms with Crippen molar-refractivity contribution in [3.05, 3.63) is 108 Å². The van der Waals surface area contributed by atoms with Crippen molar-refractivity contribution in [1.29, 1.82) is 0 Å². The molecule has 4 nitrogen and oxygen atoms in total. The molecule has 0 unspecified atom stereocenters. The van der Waals surface area contributed by atoms with E-state index in [0.29, 0.717) is 0 Å². The molecule has 0 bridgehead atoms. The predicted octanol–water partition coefficient (Wildman–Crippen LogP) is 6.95. The van der Waals surface area contributed by atoms with Crippen molar-refractivity contribution in [2.75, 3.05) is 20.9 Å². The van der Waals surface area contributed by atoms with Gasteiger partial charge in [-0.3, -0.25) is 10.9 Å². The van der Waals surface area contributed by atoms with Crippen LogP contribution in [0.5, 0.6) is 0 Å². The molecule has 0 amide bonds. The van der Waals surface area contributed by atoms with E-state index in [9.17, 15) is 0 Å². The van der Waals surface area contributed by atoms with E-state index >= 15 is 0 Å². The van der Waals surface area contributed by atoms with Gasteiger partial charge in [0.25, 0.3) is 0 Å². The van der Waals surface area contributed by atoms with Crippen molar-refractivity contribution in [1.82, 2.24) is 0 Å². The van der Waals surface area contributed by atoms with Crippen LogP contribution in [0, 0.1) is 13.8 Å². The van der Waals surface area contributed by atoms with Gasteiger partial charge in [0.05, 0.1) is 17.1 Å². The summed E-state index contributed by atoms with van der Waals surface area (Å²) in [5.41, 5.74) is 16.0. The van der Waals surface area contributed by atoms with E-state index in [1.165, 1.54) is 11.1 Å². The zero-order valence-corrected chi connectivity index (χ0v) is 17.1. The molecule has 4 aromatic rings. The fourth-order valence-electron chi connectivity index (χ4n) is 3.91. The second-order valence-corrected chi connectivity index (χ2v) is 7.59. The molecule has 5 rings (SSSR count). The summed E-state index contributed by atoms with van der Waals surface area (Å²) in [6, 6.07) is 33.8. The largest absolute Gasteiger partial charge is 0.310 e. The van der Waals surface area contributed by atoms with Gasteiger partial charge in [-0.1, -0.05) is 54.1 Å². The molecule has 0 spiro atoms. The number of fused-ring (bicyclic) bond motifs is 1. The first-order valence-corrected chi connectivity index (χ1v) is 10.1. The van der Waals surface area contributed by atoms with Crippen LogP contribution in [-0.4, -0.2) is 0 Å². The number of aryl methyl sites for hydroxylation is 2. The lowest BCUT2D eigenvalue weighted by Gasteiger charge is -2.25. The summed E-state index contributed by atoms with van der Waals surface area (Å²) in [6.07, 6.45) is 0. The Kier molecular flexibility index (Phi) is 4.52. The molecule has 0 atom stereocenters. The van der Waals surface area contributed by atoms with Crippen molar-refractivity contribution in [2.24, 2.45) is 0 Å². The summed E-state index contributed by atoms with van der Waals surface area (Å²) >= 11 is 0.